The first-order valence-corrected chi connectivity index (χ1v) is 9.61. The maximum atomic E-state index is 3.75. The number of fused-ring (bicyclic) bond motifs is 2. The molecule has 2 aliphatic rings. The number of hydrogen-bond acceptors (Lipinski definition) is 0. The molecule has 124 valence electrons. The van der Waals surface area contributed by atoms with Crippen LogP contribution in [0.3, 0.4) is 0 Å². The van der Waals surface area contributed by atoms with Crippen molar-refractivity contribution >= 4 is 26.7 Å². The second-order valence-electron chi connectivity index (χ2n) is 6.65. The molecule has 0 spiro atoms. The van der Waals surface area contributed by atoms with Crippen molar-refractivity contribution in [3.05, 3.63) is 63.2 Å². The number of unbranched alkanes of at least 4 members (excludes halogenated alkanes) is 1. The molecule has 0 atom stereocenters. The molecule has 2 heteroatoms. The first-order chi connectivity index (χ1) is 11.2. The van der Waals surface area contributed by atoms with Crippen molar-refractivity contribution in [1.29, 1.82) is 0 Å². The predicted molar refractivity (Wildman–Crippen MR) is 104 cm³/mol. The van der Waals surface area contributed by atoms with E-state index in [0.29, 0.717) is 0 Å². The molecule has 0 unspecified atom stereocenters. The van der Waals surface area contributed by atoms with Crippen LogP contribution in [-0.4, -0.2) is 0 Å². The van der Waals surface area contributed by atoms with Crippen LogP contribution in [-0.2, 0) is 39.0 Å². The number of hydrogen-bond donors (Lipinski definition) is 0. The van der Waals surface area contributed by atoms with Crippen molar-refractivity contribution in [2.45, 2.75) is 58.8 Å². The molecule has 0 aliphatic heterocycles. The molecule has 0 saturated carbocycles. The van der Waals surface area contributed by atoms with E-state index in [1.54, 1.807) is 11.1 Å². The summed E-state index contributed by atoms with van der Waals surface area (Å²) in [4.78, 5) is 0. The van der Waals surface area contributed by atoms with E-state index in [0.717, 1.165) is 6.42 Å². The van der Waals surface area contributed by atoms with Gasteiger partial charge in [0, 0.05) is 0 Å². The predicted octanol–water partition coefficient (Wildman–Crippen LogP) is 6.98. The number of aryl methyl sites for hydroxylation is 2. The minimum Gasteiger partial charge on any atom is -0.273 e. The Morgan fingerprint density at radius 1 is 1.25 bits per heavy atom. The summed E-state index contributed by atoms with van der Waals surface area (Å²) >= 11 is 3.75. The van der Waals surface area contributed by atoms with E-state index < -0.39 is 0 Å². The summed E-state index contributed by atoms with van der Waals surface area (Å²) in [5, 5.41) is 2.79. The first kappa shape index (κ1) is 20.0. The van der Waals surface area contributed by atoms with E-state index in [2.05, 4.69) is 66.2 Å². The van der Waals surface area contributed by atoms with Gasteiger partial charge in [-0.3, -0.25) is 6.08 Å². The molecule has 24 heavy (non-hydrogen) atoms. The summed E-state index contributed by atoms with van der Waals surface area (Å²) in [5.74, 6) is 0. The van der Waals surface area contributed by atoms with Gasteiger partial charge < -0.3 is 0 Å². The Hall–Kier alpha value is -0.327. The zero-order valence-corrected chi connectivity index (χ0v) is 18.8. The van der Waals surface area contributed by atoms with Crippen molar-refractivity contribution in [2.75, 3.05) is 0 Å². The molecule has 0 nitrogen and oxygen atoms in total. The molecular formula is C22H25BrZr. The minimum absolute atomic E-state index is 0. The van der Waals surface area contributed by atoms with Crippen molar-refractivity contribution < 1.29 is 26.2 Å². The molecule has 4 rings (SSSR count). The van der Waals surface area contributed by atoms with Crippen LogP contribution in [0.5, 0.6) is 0 Å². The zero-order valence-electron chi connectivity index (χ0n) is 14.7. The molecule has 2 aromatic carbocycles. The van der Waals surface area contributed by atoms with E-state index in [9.17, 15) is 0 Å². The van der Waals surface area contributed by atoms with Gasteiger partial charge in [0.1, 0.15) is 0 Å². The van der Waals surface area contributed by atoms with Crippen LogP contribution in [0.2, 0.25) is 0 Å². The van der Waals surface area contributed by atoms with Crippen LogP contribution in [0.1, 0.15) is 55.7 Å². The van der Waals surface area contributed by atoms with Gasteiger partial charge in [-0.15, -0.1) is 34.9 Å². The third-order valence-electron chi connectivity index (χ3n) is 4.75. The molecule has 0 radical (unpaired) electrons. The number of halogens is 1. The van der Waals surface area contributed by atoms with Crippen LogP contribution in [0.25, 0.3) is 10.8 Å². The van der Waals surface area contributed by atoms with Gasteiger partial charge in [-0.25, -0.2) is 11.6 Å². The van der Waals surface area contributed by atoms with Gasteiger partial charge >= 0.3 is 26.2 Å². The largest absolute Gasteiger partial charge is 2.00 e. The fourth-order valence-corrected chi connectivity index (χ4v) is 4.30. The topological polar surface area (TPSA) is 0 Å². The summed E-state index contributed by atoms with van der Waals surface area (Å²) in [5.41, 5.74) is 5.94. The SMILES string of the molecule is CCCCC1=CC[C-]=C1.Cc1cc2c(Br)c3c(cc2[cH-]1)CCC3.[Zr+2]. The zero-order chi connectivity index (χ0) is 16.2. The van der Waals surface area contributed by atoms with Gasteiger partial charge in [0.2, 0.25) is 0 Å². The van der Waals surface area contributed by atoms with Crippen LogP contribution in [0, 0.1) is 13.0 Å². The van der Waals surface area contributed by atoms with Gasteiger partial charge in [-0.2, -0.15) is 12.1 Å². The maximum absolute atomic E-state index is 3.75. The van der Waals surface area contributed by atoms with Gasteiger partial charge in [-0.1, -0.05) is 54.6 Å². The fourth-order valence-electron chi connectivity index (χ4n) is 3.51. The molecule has 0 aromatic heterocycles. The molecule has 0 heterocycles. The minimum atomic E-state index is 0. The van der Waals surface area contributed by atoms with Crippen LogP contribution < -0.4 is 0 Å². The molecule has 0 fully saturated rings. The average Bonchev–Trinajstić information content (AvgIpc) is 3.26. The van der Waals surface area contributed by atoms with Crippen molar-refractivity contribution in [3.8, 4) is 0 Å². The van der Waals surface area contributed by atoms with E-state index >= 15 is 0 Å². The van der Waals surface area contributed by atoms with Gasteiger partial charge in [0.25, 0.3) is 0 Å². The van der Waals surface area contributed by atoms with Crippen LogP contribution in [0.4, 0.5) is 0 Å². The summed E-state index contributed by atoms with van der Waals surface area (Å²) < 4.78 is 1.34. The Kier molecular flexibility index (Phi) is 7.82. The average molecular weight is 461 g/mol. The quantitative estimate of drug-likeness (QED) is 0.434. The Bertz CT molecular complexity index is 749. The van der Waals surface area contributed by atoms with Crippen molar-refractivity contribution in [3.63, 3.8) is 0 Å². The fraction of sp³-hybridized carbons (Fsp3) is 0.409. The van der Waals surface area contributed by atoms with Crippen molar-refractivity contribution in [1.82, 2.24) is 0 Å². The second kappa shape index (κ2) is 9.39. The first-order valence-electron chi connectivity index (χ1n) is 8.82. The molecule has 2 aliphatic carbocycles. The number of rotatable bonds is 3. The van der Waals surface area contributed by atoms with E-state index in [1.807, 2.05) is 0 Å². The van der Waals surface area contributed by atoms with Gasteiger partial charge in [0.05, 0.1) is 0 Å². The smallest absolute Gasteiger partial charge is 0.273 e. The summed E-state index contributed by atoms with van der Waals surface area (Å²) in [6, 6.07) is 6.92. The van der Waals surface area contributed by atoms with E-state index in [4.69, 9.17) is 0 Å². The Labute approximate surface area is 174 Å². The molecular weight excluding hydrogens is 435 g/mol. The molecule has 0 N–H and O–H groups in total. The number of allylic oxidation sites excluding steroid dienone is 4. The normalized spacial score (nSPS) is 14.9. The molecule has 0 saturated heterocycles. The Balaban J connectivity index is 0.000000183. The number of benzene rings is 1. The summed E-state index contributed by atoms with van der Waals surface area (Å²) in [6.07, 6.45) is 16.3. The van der Waals surface area contributed by atoms with Crippen LogP contribution >= 0.6 is 15.9 Å². The molecule has 0 amide bonds. The van der Waals surface area contributed by atoms with Crippen LogP contribution in [0.15, 0.2) is 40.4 Å². The third kappa shape index (κ3) is 4.64. The monoisotopic (exact) mass is 458 g/mol. The van der Waals surface area contributed by atoms with Crippen molar-refractivity contribution in [2.24, 2.45) is 0 Å². The summed E-state index contributed by atoms with van der Waals surface area (Å²) in [7, 11) is 0. The second-order valence-corrected chi connectivity index (χ2v) is 7.45. The third-order valence-corrected chi connectivity index (χ3v) is 5.65. The van der Waals surface area contributed by atoms with E-state index in [-0.39, 0.29) is 26.2 Å². The summed E-state index contributed by atoms with van der Waals surface area (Å²) in [6.45, 7) is 4.39. The molecule has 2 aromatic rings. The standard InChI is InChI=1S/C13H12Br.C9H13.Zr/c1-8-5-10-7-9-3-2-4-11(9)13(14)12(10)6-8;1-2-3-6-9-7-4-5-8-9;/h5-7H,2-4H2,1H3;7-8H,2-4,6H2,1H3;/q2*-1;+2. The van der Waals surface area contributed by atoms with Gasteiger partial charge in [0.15, 0.2) is 0 Å². The van der Waals surface area contributed by atoms with Gasteiger partial charge in [-0.05, 0) is 29.3 Å². The van der Waals surface area contributed by atoms with E-state index in [1.165, 1.54) is 64.9 Å². The molecule has 0 bridgehead atoms. The maximum Gasteiger partial charge on any atom is 2.00 e. The Morgan fingerprint density at radius 3 is 2.79 bits per heavy atom. The Morgan fingerprint density at radius 2 is 2.08 bits per heavy atom.